The zero-order valence-electron chi connectivity index (χ0n) is 20.7. The SMILES string of the molecule is CC(C)COc1ccc(/C(O)=C2\C(=O)C(=O)N(Cc3cccc(C(F)(F)F)c3)C2c2ccc(O)cc2)cc1. The smallest absolute Gasteiger partial charge is 0.416 e. The fraction of sp³-hybridized carbons (Fsp3) is 0.241. The van der Waals surface area contributed by atoms with Gasteiger partial charge in [0.25, 0.3) is 11.7 Å². The van der Waals surface area contributed by atoms with Gasteiger partial charge in [-0.1, -0.05) is 38.1 Å². The Labute approximate surface area is 217 Å². The molecule has 0 radical (unpaired) electrons. The number of phenols is 1. The van der Waals surface area contributed by atoms with E-state index < -0.39 is 35.2 Å². The molecule has 1 saturated heterocycles. The van der Waals surface area contributed by atoms with E-state index in [2.05, 4.69) is 0 Å². The second-order valence-electron chi connectivity index (χ2n) is 9.45. The van der Waals surface area contributed by atoms with Crippen LogP contribution in [0.3, 0.4) is 0 Å². The molecule has 0 spiro atoms. The van der Waals surface area contributed by atoms with Crippen LogP contribution >= 0.6 is 0 Å². The first-order valence-electron chi connectivity index (χ1n) is 11.9. The zero-order chi connectivity index (χ0) is 27.6. The van der Waals surface area contributed by atoms with Gasteiger partial charge in [-0.3, -0.25) is 9.59 Å². The Balaban J connectivity index is 1.76. The van der Waals surface area contributed by atoms with Crippen molar-refractivity contribution in [2.45, 2.75) is 32.6 Å². The van der Waals surface area contributed by atoms with Gasteiger partial charge in [-0.05, 0) is 65.6 Å². The number of alkyl halides is 3. The molecule has 0 bridgehead atoms. The lowest BCUT2D eigenvalue weighted by atomic mass is 9.95. The number of halogens is 3. The summed E-state index contributed by atoms with van der Waals surface area (Å²) in [6.45, 7) is 4.19. The van der Waals surface area contributed by atoms with Gasteiger partial charge < -0.3 is 19.8 Å². The Morgan fingerprint density at radius 3 is 2.26 bits per heavy atom. The summed E-state index contributed by atoms with van der Waals surface area (Å²) in [7, 11) is 0. The van der Waals surface area contributed by atoms with E-state index in [1.54, 1.807) is 24.3 Å². The first-order valence-corrected chi connectivity index (χ1v) is 11.9. The van der Waals surface area contributed by atoms with Crippen molar-refractivity contribution in [2.24, 2.45) is 5.92 Å². The second-order valence-corrected chi connectivity index (χ2v) is 9.45. The van der Waals surface area contributed by atoms with Gasteiger partial charge in [0.05, 0.1) is 23.8 Å². The maximum absolute atomic E-state index is 13.3. The molecule has 1 fully saturated rings. The van der Waals surface area contributed by atoms with Crippen LogP contribution in [0.5, 0.6) is 11.5 Å². The van der Waals surface area contributed by atoms with E-state index in [1.807, 2.05) is 13.8 Å². The van der Waals surface area contributed by atoms with E-state index in [4.69, 9.17) is 4.74 Å². The van der Waals surface area contributed by atoms with Crippen LogP contribution in [-0.2, 0) is 22.3 Å². The zero-order valence-corrected chi connectivity index (χ0v) is 20.7. The van der Waals surface area contributed by atoms with Crippen molar-refractivity contribution in [3.8, 4) is 11.5 Å². The van der Waals surface area contributed by atoms with Gasteiger partial charge >= 0.3 is 6.18 Å². The van der Waals surface area contributed by atoms with Gasteiger partial charge in [-0.25, -0.2) is 0 Å². The molecule has 1 unspecified atom stereocenters. The molecule has 1 heterocycles. The number of aliphatic hydroxyl groups is 1. The van der Waals surface area contributed by atoms with Gasteiger partial charge in [0.15, 0.2) is 0 Å². The summed E-state index contributed by atoms with van der Waals surface area (Å²) in [6.07, 6.45) is -4.58. The highest BCUT2D eigenvalue weighted by Gasteiger charge is 2.46. The normalized spacial score (nSPS) is 17.3. The Hall–Kier alpha value is -4.27. The third-order valence-corrected chi connectivity index (χ3v) is 6.07. The van der Waals surface area contributed by atoms with Crippen molar-refractivity contribution in [1.29, 1.82) is 0 Å². The number of amides is 1. The Morgan fingerprint density at radius 1 is 1.00 bits per heavy atom. The molecular formula is C29H26F3NO5. The van der Waals surface area contributed by atoms with Crippen molar-refractivity contribution >= 4 is 17.4 Å². The van der Waals surface area contributed by atoms with Gasteiger partial charge in [-0.2, -0.15) is 13.2 Å². The van der Waals surface area contributed by atoms with E-state index >= 15 is 0 Å². The quantitative estimate of drug-likeness (QED) is 0.222. The number of aromatic hydroxyl groups is 1. The molecule has 3 aromatic carbocycles. The van der Waals surface area contributed by atoms with E-state index in [9.17, 15) is 33.0 Å². The molecule has 38 heavy (non-hydrogen) atoms. The number of ketones is 1. The first kappa shape index (κ1) is 26.8. The van der Waals surface area contributed by atoms with Crippen molar-refractivity contribution in [1.82, 2.24) is 4.90 Å². The number of carbonyl (C=O) groups excluding carboxylic acids is 2. The number of Topliss-reactive ketones (excluding diaryl/α,β-unsaturated/α-hetero) is 1. The molecule has 9 heteroatoms. The topological polar surface area (TPSA) is 87.1 Å². The van der Waals surface area contributed by atoms with Gasteiger partial charge in [-0.15, -0.1) is 0 Å². The highest BCUT2D eigenvalue weighted by molar-refractivity contribution is 6.46. The fourth-order valence-corrected chi connectivity index (χ4v) is 4.22. The lowest BCUT2D eigenvalue weighted by Crippen LogP contribution is -2.29. The van der Waals surface area contributed by atoms with E-state index in [-0.39, 0.29) is 29.0 Å². The predicted molar refractivity (Wildman–Crippen MR) is 134 cm³/mol. The predicted octanol–water partition coefficient (Wildman–Crippen LogP) is 6.07. The number of likely N-dealkylation sites (tertiary alicyclic amines) is 1. The average molecular weight is 526 g/mol. The molecular weight excluding hydrogens is 499 g/mol. The summed E-state index contributed by atoms with van der Waals surface area (Å²) >= 11 is 0. The number of aliphatic hydroxyl groups excluding tert-OH is 1. The molecule has 2 N–H and O–H groups in total. The molecule has 1 aliphatic rings. The van der Waals surface area contributed by atoms with Crippen molar-refractivity contribution in [3.63, 3.8) is 0 Å². The monoisotopic (exact) mass is 525 g/mol. The highest BCUT2D eigenvalue weighted by atomic mass is 19.4. The number of hydrogen-bond acceptors (Lipinski definition) is 5. The van der Waals surface area contributed by atoms with Crippen LogP contribution in [0.4, 0.5) is 13.2 Å². The van der Waals surface area contributed by atoms with Crippen molar-refractivity contribution in [3.05, 3.63) is 101 Å². The first-order chi connectivity index (χ1) is 18.0. The molecule has 198 valence electrons. The van der Waals surface area contributed by atoms with E-state index in [0.717, 1.165) is 17.0 Å². The number of rotatable bonds is 7. The number of benzene rings is 3. The van der Waals surface area contributed by atoms with Crippen LogP contribution in [0.25, 0.3) is 5.76 Å². The summed E-state index contributed by atoms with van der Waals surface area (Å²) in [5.41, 5.74) is -0.261. The lowest BCUT2D eigenvalue weighted by molar-refractivity contribution is -0.140. The number of carbonyl (C=O) groups is 2. The standard InChI is InChI=1S/C29H26F3NO5/c1-17(2)16-38-23-12-8-20(9-13-23)26(35)24-25(19-6-10-22(34)11-7-19)33(28(37)27(24)36)15-18-4-3-5-21(14-18)29(30,31)32/h3-14,17,25,34-35H,15-16H2,1-2H3/b26-24+. The maximum Gasteiger partial charge on any atom is 0.416 e. The summed E-state index contributed by atoms with van der Waals surface area (Å²) < 4.78 is 45.4. The molecule has 0 aromatic heterocycles. The average Bonchev–Trinajstić information content (AvgIpc) is 3.12. The van der Waals surface area contributed by atoms with Crippen LogP contribution < -0.4 is 4.74 Å². The van der Waals surface area contributed by atoms with Crippen LogP contribution in [-0.4, -0.2) is 33.4 Å². The van der Waals surface area contributed by atoms with Crippen molar-refractivity contribution in [2.75, 3.05) is 6.61 Å². The summed E-state index contributed by atoms with van der Waals surface area (Å²) in [5, 5.41) is 20.9. The molecule has 0 aliphatic carbocycles. The minimum absolute atomic E-state index is 0.0550. The minimum Gasteiger partial charge on any atom is -0.508 e. The van der Waals surface area contributed by atoms with E-state index in [1.165, 1.54) is 36.4 Å². The Morgan fingerprint density at radius 2 is 1.66 bits per heavy atom. The third-order valence-electron chi connectivity index (χ3n) is 6.07. The van der Waals surface area contributed by atoms with Crippen LogP contribution in [0.15, 0.2) is 78.4 Å². The van der Waals surface area contributed by atoms with Crippen LogP contribution in [0, 0.1) is 5.92 Å². The van der Waals surface area contributed by atoms with Crippen LogP contribution in [0.1, 0.15) is 42.1 Å². The van der Waals surface area contributed by atoms with Crippen molar-refractivity contribution < 1.29 is 37.7 Å². The number of ether oxygens (including phenoxy) is 1. The molecule has 1 aliphatic heterocycles. The minimum atomic E-state index is -4.58. The lowest BCUT2D eigenvalue weighted by Gasteiger charge is -2.26. The Bertz CT molecular complexity index is 1360. The number of hydrogen-bond donors (Lipinski definition) is 2. The summed E-state index contributed by atoms with van der Waals surface area (Å²) in [6, 6.07) is 15.5. The molecule has 6 nitrogen and oxygen atoms in total. The summed E-state index contributed by atoms with van der Waals surface area (Å²) in [5.74, 6) is -1.54. The fourth-order valence-electron chi connectivity index (χ4n) is 4.22. The van der Waals surface area contributed by atoms with Gasteiger partial charge in [0, 0.05) is 12.1 Å². The molecule has 1 atom stereocenters. The Kier molecular flexibility index (Phi) is 7.48. The number of phenolic OH excluding ortho intramolecular Hbond substituents is 1. The molecule has 1 amide bonds. The van der Waals surface area contributed by atoms with Crippen LogP contribution in [0.2, 0.25) is 0 Å². The maximum atomic E-state index is 13.3. The molecule has 0 saturated carbocycles. The third kappa shape index (κ3) is 5.66. The largest absolute Gasteiger partial charge is 0.508 e. The highest BCUT2D eigenvalue weighted by Crippen LogP contribution is 2.41. The van der Waals surface area contributed by atoms with Gasteiger partial charge in [0.2, 0.25) is 0 Å². The number of nitrogens with zero attached hydrogens (tertiary/aromatic N) is 1. The van der Waals surface area contributed by atoms with E-state index in [0.29, 0.717) is 23.8 Å². The summed E-state index contributed by atoms with van der Waals surface area (Å²) in [4.78, 5) is 27.4. The van der Waals surface area contributed by atoms with Gasteiger partial charge in [0.1, 0.15) is 17.3 Å². The second kappa shape index (κ2) is 10.6. The molecule has 4 rings (SSSR count). The molecule has 3 aromatic rings.